The Hall–Kier alpha value is -1.60. The standard InChI is InChI=1S/C14H18F3N3O/c15-14(16,17)12-5-2-6-20(9-12)8-10-3-1-4-11(7-10)13(21)19-18/h1,3-4,7,12H,2,5-6,8-9,18H2,(H,19,21). The van der Waals surface area contributed by atoms with E-state index in [1.807, 2.05) is 5.43 Å². The van der Waals surface area contributed by atoms with E-state index in [-0.39, 0.29) is 13.0 Å². The number of rotatable bonds is 3. The number of hydrogen-bond donors (Lipinski definition) is 2. The van der Waals surface area contributed by atoms with Crippen molar-refractivity contribution in [1.29, 1.82) is 0 Å². The van der Waals surface area contributed by atoms with Crippen LogP contribution in [0.25, 0.3) is 0 Å². The van der Waals surface area contributed by atoms with Crippen LogP contribution in [0.3, 0.4) is 0 Å². The van der Waals surface area contributed by atoms with Crippen LogP contribution >= 0.6 is 0 Å². The molecule has 1 heterocycles. The van der Waals surface area contributed by atoms with Crippen molar-refractivity contribution in [3.05, 3.63) is 35.4 Å². The summed E-state index contributed by atoms with van der Waals surface area (Å²) in [5, 5.41) is 0. The minimum atomic E-state index is -4.14. The molecule has 1 atom stereocenters. The molecule has 0 spiro atoms. The Morgan fingerprint density at radius 2 is 2.19 bits per heavy atom. The van der Waals surface area contributed by atoms with E-state index in [1.54, 1.807) is 29.2 Å². The number of carbonyl (C=O) groups excluding carboxylic acids is 1. The van der Waals surface area contributed by atoms with Crippen molar-refractivity contribution < 1.29 is 18.0 Å². The molecule has 1 aliphatic rings. The molecule has 0 bridgehead atoms. The predicted molar refractivity (Wildman–Crippen MR) is 72.2 cm³/mol. The maximum absolute atomic E-state index is 12.8. The third-order valence-electron chi connectivity index (χ3n) is 3.69. The third kappa shape index (κ3) is 4.18. The van der Waals surface area contributed by atoms with Crippen molar-refractivity contribution in [2.75, 3.05) is 13.1 Å². The van der Waals surface area contributed by atoms with E-state index in [0.29, 0.717) is 25.1 Å². The molecule has 116 valence electrons. The van der Waals surface area contributed by atoms with Crippen molar-refractivity contribution in [2.45, 2.75) is 25.6 Å². The van der Waals surface area contributed by atoms with Gasteiger partial charge in [0.1, 0.15) is 0 Å². The molecule has 1 aromatic carbocycles. The SMILES string of the molecule is NNC(=O)c1cccc(CN2CCCC(C(F)(F)F)C2)c1. The van der Waals surface area contributed by atoms with Crippen LogP contribution in [0, 0.1) is 5.92 Å². The maximum atomic E-state index is 12.8. The molecule has 7 heteroatoms. The van der Waals surface area contributed by atoms with E-state index in [1.165, 1.54) is 0 Å². The molecule has 1 saturated heterocycles. The first-order chi connectivity index (χ1) is 9.90. The minimum absolute atomic E-state index is 0.0107. The lowest BCUT2D eigenvalue weighted by atomic mass is 9.97. The topological polar surface area (TPSA) is 58.4 Å². The summed E-state index contributed by atoms with van der Waals surface area (Å²) in [5.41, 5.74) is 3.24. The first-order valence-corrected chi connectivity index (χ1v) is 6.79. The summed E-state index contributed by atoms with van der Waals surface area (Å²) < 4.78 is 38.3. The van der Waals surface area contributed by atoms with Gasteiger partial charge in [-0.1, -0.05) is 12.1 Å². The molecule has 1 amide bonds. The normalized spacial score (nSPS) is 20.3. The van der Waals surface area contributed by atoms with Crippen molar-refractivity contribution in [3.8, 4) is 0 Å². The quantitative estimate of drug-likeness (QED) is 0.510. The molecule has 2 rings (SSSR count). The van der Waals surface area contributed by atoms with Gasteiger partial charge in [0.25, 0.3) is 5.91 Å². The molecular weight excluding hydrogens is 283 g/mol. The maximum Gasteiger partial charge on any atom is 0.393 e. The zero-order valence-corrected chi connectivity index (χ0v) is 11.5. The Labute approximate surface area is 121 Å². The summed E-state index contributed by atoms with van der Waals surface area (Å²) in [4.78, 5) is 13.2. The number of amides is 1. The third-order valence-corrected chi connectivity index (χ3v) is 3.69. The van der Waals surface area contributed by atoms with Crippen LogP contribution in [0.1, 0.15) is 28.8 Å². The second-order valence-corrected chi connectivity index (χ2v) is 5.29. The van der Waals surface area contributed by atoms with Gasteiger partial charge in [-0.25, -0.2) is 5.84 Å². The fourth-order valence-electron chi connectivity index (χ4n) is 2.62. The first-order valence-electron chi connectivity index (χ1n) is 6.79. The predicted octanol–water partition coefficient (Wildman–Crippen LogP) is 2.06. The van der Waals surface area contributed by atoms with E-state index in [9.17, 15) is 18.0 Å². The van der Waals surface area contributed by atoms with Gasteiger partial charge in [0.05, 0.1) is 5.92 Å². The number of nitrogens with zero attached hydrogens (tertiary/aromatic N) is 1. The zero-order valence-electron chi connectivity index (χ0n) is 11.5. The molecule has 3 N–H and O–H groups in total. The number of hydrazine groups is 1. The highest BCUT2D eigenvalue weighted by Gasteiger charge is 2.41. The number of piperidine rings is 1. The number of halogens is 3. The van der Waals surface area contributed by atoms with E-state index in [2.05, 4.69) is 0 Å². The van der Waals surface area contributed by atoms with E-state index in [4.69, 9.17) is 5.84 Å². The molecule has 0 radical (unpaired) electrons. The van der Waals surface area contributed by atoms with Gasteiger partial charge < -0.3 is 0 Å². The van der Waals surface area contributed by atoms with Crippen LogP contribution < -0.4 is 11.3 Å². The van der Waals surface area contributed by atoms with Crippen LogP contribution in [0.2, 0.25) is 0 Å². The first kappa shape index (κ1) is 15.8. The highest BCUT2D eigenvalue weighted by atomic mass is 19.4. The zero-order chi connectivity index (χ0) is 15.5. The fraction of sp³-hybridized carbons (Fsp3) is 0.500. The molecule has 1 aliphatic heterocycles. The van der Waals surface area contributed by atoms with Gasteiger partial charge in [0, 0.05) is 18.7 Å². The number of nitrogen functional groups attached to an aromatic ring is 1. The summed E-state index contributed by atoms with van der Waals surface area (Å²) in [7, 11) is 0. The number of carbonyl (C=O) groups is 1. The van der Waals surface area contributed by atoms with Crippen LogP contribution in [0.5, 0.6) is 0 Å². The van der Waals surface area contributed by atoms with Crippen molar-refractivity contribution in [3.63, 3.8) is 0 Å². The molecule has 1 unspecified atom stereocenters. The molecule has 1 fully saturated rings. The summed E-state index contributed by atoms with van der Waals surface area (Å²) in [6.45, 7) is 1.05. The molecule has 21 heavy (non-hydrogen) atoms. The van der Waals surface area contributed by atoms with Gasteiger partial charge in [-0.05, 0) is 37.1 Å². The number of nitrogens with one attached hydrogen (secondary N) is 1. The summed E-state index contributed by atoms with van der Waals surface area (Å²) in [5.74, 6) is 3.39. The summed E-state index contributed by atoms with van der Waals surface area (Å²) in [6.07, 6.45) is -3.41. The van der Waals surface area contributed by atoms with Gasteiger partial charge in [0.15, 0.2) is 0 Å². The van der Waals surface area contributed by atoms with Crippen LogP contribution in [-0.2, 0) is 6.54 Å². The lowest BCUT2D eigenvalue weighted by Crippen LogP contribution is -2.41. The van der Waals surface area contributed by atoms with E-state index >= 15 is 0 Å². The number of hydrogen-bond acceptors (Lipinski definition) is 3. The number of likely N-dealkylation sites (tertiary alicyclic amines) is 1. The van der Waals surface area contributed by atoms with Gasteiger partial charge in [0.2, 0.25) is 0 Å². The molecule has 0 aromatic heterocycles. The highest BCUT2D eigenvalue weighted by molar-refractivity contribution is 5.93. The fourth-order valence-corrected chi connectivity index (χ4v) is 2.62. The van der Waals surface area contributed by atoms with Crippen molar-refractivity contribution in [2.24, 2.45) is 11.8 Å². The Bertz CT molecular complexity index is 504. The Morgan fingerprint density at radius 1 is 1.43 bits per heavy atom. The average Bonchev–Trinajstić information content (AvgIpc) is 2.46. The molecule has 0 aliphatic carbocycles. The van der Waals surface area contributed by atoms with Gasteiger partial charge in [-0.2, -0.15) is 13.2 Å². The lowest BCUT2D eigenvalue weighted by Gasteiger charge is -2.33. The van der Waals surface area contributed by atoms with Crippen molar-refractivity contribution >= 4 is 5.91 Å². The minimum Gasteiger partial charge on any atom is -0.298 e. The highest BCUT2D eigenvalue weighted by Crippen LogP contribution is 2.33. The molecule has 0 saturated carbocycles. The second-order valence-electron chi connectivity index (χ2n) is 5.29. The summed E-state index contributed by atoms with van der Waals surface area (Å²) in [6, 6.07) is 6.76. The van der Waals surface area contributed by atoms with Gasteiger partial charge >= 0.3 is 6.18 Å². The van der Waals surface area contributed by atoms with Gasteiger partial charge in [-0.3, -0.25) is 15.1 Å². The lowest BCUT2D eigenvalue weighted by molar-refractivity contribution is -0.187. The average molecular weight is 301 g/mol. The Morgan fingerprint density at radius 3 is 2.86 bits per heavy atom. The Balaban J connectivity index is 2.03. The van der Waals surface area contributed by atoms with Crippen LogP contribution in [-0.4, -0.2) is 30.1 Å². The van der Waals surface area contributed by atoms with Gasteiger partial charge in [-0.15, -0.1) is 0 Å². The summed E-state index contributed by atoms with van der Waals surface area (Å²) >= 11 is 0. The van der Waals surface area contributed by atoms with Crippen molar-refractivity contribution in [1.82, 2.24) is 10.3 Å². The van der Waals surface area contributed by atoms with E-state index < -0.39 is 18.0 Å². The number of benzene rings is 1. The van der Waals surface area contributed by atoms with E-state index in [0.717, 1.165) is 5.56 Å². The monoisotopic (exact) mass is 301 g/mol. The molecular formula is C14H18F3N3O. The smallest absolute Gasteiger partial charge is 0.298 e. The number of nitrogens with two attached hydrogens (primary N) is 1. The second kappa shape index (κ2) is 6.44. The molecule has 4 nitrogen and oxygen atoms in total. The van der Waals surface area contributed by atoms with Crippen LogP contribution in [0.4, 0.5) is 13.2 Å². The Kier molecular flexibility index (Phi) is 4.84. The number of alkyl halides is 3. The largest absolute Gasteiger partial charge is 0.393 e. The van der Waals surface area contributed by atoms with Crippen LogP contribution in [0.15, 0.2) is 24.3 Å². The molecule has 1 aromatic rings.